The minimum atomic E-state index is 0.987. The molecule has 0 atom stereocenters. The van der Waals surface area contributed by atoms with Crippen LogP contribution in [0.25, 0.3) is 32.1 Å². The van der Waals surface area contributed by atoms with Crippen LogP contribution < -0.4 is 9.30 Å². The Morgan fingerprint density at radius 1 is 1.00 bits per heavy atom. The quantitative estimate of drug-likeness (QED) is 0.355. The third-order valence-electron chi connectivity index (χ3n) is 4.95. The monoisotopic (exact) mass is 318 g/mol. The second kappa shape index (κ2) is 4.33. The van der Waals surface area contributed by atoms with Crippen molar-refractivity contribution in [2.45, 2.75) is 13.8 Å². The lowest BCUT2D eigenvalue weighted by molar-refractivity contribution is -0.659. The van der Waals surface area contributed by atoms with Crippen molar-refractivity contribution in [3.05, 3.63) is 53.0 Å². The minimum Gasteiger partial charge on any atom is -0.454 e. The first-order chi connectivity index (χ1) is 11.2. The third kappa shape index (κ3) is 1.55. The van der Waals surface area contributed by atoms with Gasteiger partial charge in [0.2, 0.25) is 5.69 Å². The van der Waals surface area contributed by atoms with Crippen molar-refractivity contribution in [2.24, 2.45) is 7.05 Å². The molecule has 0 N–H and O–H groups in total. The van der Waals surface area contributed by atoms with Crippen LogP contribution in [0.3, 0.4) is 0 Å². The van der Waals surface area contributed by atoms with Crippen LogP contribution in [0.4, 0.5) is 0 Å². The van der Waals surface area contributed by atoms with E-state index in [4.69, 9.17) is 4.74 Å². The van der Waals surface area contributed by atoms with E-state index >= 15 is 0 Å². The minimum absolute atomic E-state index is 0.987. The lowest BCUT2D eigenvalue weighted by Gasteiger charge is -2.22. The Hall–Kier alpha value is -2.39. The van der Waals surface area contributed by atoms with Gasteiger partial charge in [-0.1, -0.05) is 24.3 Å². The second-order valence-corrected chi connectivity index (χ2v) is 7.13. The summed E-state index contributed by atoms with van der Waals surface area (Å²) in [5.41, 5.74) is 5.02. The fourth-order valence-electron chi connectivity index (χ4n) is 3.79. The maximum absolute atomic E-state index is 6.36. The van der Waals surface area contributed by atoms with Crippen molar-refractivity contribution >= 4 is 32.2 Å². The van der Waals surface area contributed by atoms with Crippen molar-refractivity contribution in [1.29, 1.82) is 0 Å². The molecule has 0 bridgehead atoms. The van der Waals surface area contributed by atoms with E-state index in [9.17, 15) is 0 Å². The van der Waals surface area contributed by atoms with Crippen LogP contribution >= 0.6 is 11.3 Å². The van der Waals surface area contributed by atoms with Crippen LogP contribution in [0, 0.1) is 13.8 Å². The summed E-state index contributed by atoms with van der Waals surface area (Å²) in [4.78, 5) is 0. The molecule has 0 fully saturated rings. The summed E-state index contributed by atoms with van der Waals surface area (Å²) < 4.78 is 9.87. The standard InChI is InChI=1S/C20H16NOS/c1-11-13-6-4-5-7-14(13)12(2)20-17(11)19-18-15(22-20)10-23-16(18)8-9-21(19)3/h4-10H,1-3H3/q+1. The van der Waals surface area contributed by atoms with E-state index < -0.39 is 0 Å². The Bertz CT molecular complexity index is 1120. The fraction of sp³-hybridized carbons (Fsp3) is 0.150. The average molecular weight is 318 g/mol. The zero-order valence-electron chi connectivity index (χ0n) is 13.3. The lowest BCUT2D eigenvalue weighted by Crippen LogP contribution is -2.31. The molecule has 5 rings (SSSR count). The molecule has 0 radical (unpaired) electrons. The van der Waals surface area contributed by atoms with Crippen LogP contribution in [0.2, 0.25) is 0 Å². The summed E-state index contributed by atoms with van der Waals surface area (Å²) >= 11 is 1.75. The molecule has 0 saturated carbocycles. The molecule has 112 valence electrons. The lowest BCUT2D eigenvalue weighted by atomic mass is 9.90. The highest BCUT2D eigenvalue weighted by Gasteiger charge is 2.32. The molecule has 0 aliphatic carbocycles. The smallest absolute Gasteiger partial charge is 0.228 e. The number of hydrogen-bond acceptors (Lipinski definition) is 2. The molecule has 3 heteroatoms. The Kier molecular flexibility index (Phi) is 2.46. The van der Waals surface area contributed by atoms with Crippen LogP contribution in [0.1, 0.15) is 11.1 Å². The topological polar surface area (TPSA) is 13.1 Å². The average Bonchev–Trinajstić information content (AvgIpc) is 2.99. The molecule has 2 nitrogen and oxygen atoms in total. The Balaban J connectivity index is 2.05. The van der Waals surface area contributed by atoms with Gasteiger partial charge < -0.3 is 4.74 Å². The van der Waals surface area contributed by atoms with Gasteiger partial charge in [-0.15, -0.1) is 11.3 Å². The van der Waals surface area contributed by atoms with Gasteiger partial charge >= 0.3 is 0 Å². The summed E-state index contributed by atoms with van der Waals surface area (Å²) in [5, 5.41) is 5.95. The second-order valence-electron chi connectivity index (χ2n) is 6.22. The number of ether oxygens (including phenoxy) is 1. The molecular formula is C20H16NOS+. The largest absolute Gasteiger partial charge is 0.454 e. The number of benzene rings is 2. The van der Waals surface area contributed by atoms with Crippen molar-refractivity contribution in [2.75, 3.05) is 0 Å². The van der Waals surface area contributed by atoms with Crippen LogP contribution in [-0.4, -0.2) is 0 Å². The molecule has 1 aliphatic heterocycles. The molecule has 2 aromatic heterocycles. The Morgan fingerprint density at radius 3 is 2.52 bits per heavy atom. The zero-order chi connectivity index (χ0) is 15.7. The van der Waals surface area contributed by atoms with Gasteiger partial charge in [0.15, 0.2) is 11.9 Å². The molecular weight excluding hydrogens is 302 g/mol. The number of hydrogen-bond donors (Lipinski definition) is 0. The highest BCUT2D eigenvalue weighted by molar-refractivity contribution is 7.17. The van der Waals surface area contributed by atoms with E-state index in [-0.39, 0.29) is 0 Å². The van der Waals surface area contributed by atoms with Crippen molar-refractivity contribution in [3.8, 4) is 22.8 Å². The van der Waals surface area contributed by atoms with E-state index in [1.165, 1.54) is 43.2 Å². The summed E-state index contributed by atoms with van der Waals surface area (Å²) in [6.07, 6.45) is 2.15. The van der Waals surface area contributed by atoms with Gasteiger partial charge in [0.05, 0.1) is 10.3 Å². The summed E-state index contributed by atoms with van der Waals surface area (Å²) in [6.45, 7) is 4.37. The molecule has 2 aromatic carbocycles. The van der Waals surface area contributed by atoms with Crippen LogP contribution in [0.5, 0.6) is 11.5 Å². The summed E-state index contributed by atoms with van der Waals surface area (Å²) in [5.74, 6) is 2.00. The maximum atomic E-state index is 6.36. The number of nitrogens with zero attached hydrogens (tertiary/aromatic N) is 1. The van der Waals surface area contributed by atoms with E-state index in [0.717, 1.165) is 11.5 Å². The SMILES string of the molecule is Cc1c2c(c(C)c3ccccc13)-c1c3c(csc3cc[n+]1C)O2. The predicted octanol–water partition coefficient (Wildman–Crippen LogP) is 5.27. The van der Waals surface area contributed by atoms with Crippen LogP contribution in [-0.2, 0) is 7.05 Å². The van der Waals surface area contributed by atoms with Gasteiger partial charge in [-0.05, 0) is 30.2 Å². The molecule has 0 unspecified atom stereocenters. The highest BCUT2D eigenvalue weighted by atomic mass is 32.1. The van der Waals surface area contributed by atoms with Gasteiger partial charge in [-0.3, -0.25) is 0 Å². The number of pyridine rings is 1. The van der Waals surface area contributed by atoms with E-state index in [0.29, 0.717) is 0 Å². The Morgan fingerprint density at radius 2 is 1.74 bits per heavy atom. The molecule has 0 spiro atoms. The van der Waals surface area contributed by atoms with Crippen molar-refractivity contribution < 1.29 is 9.30 Å². The third-order valence-corrected chi connectivity index (χ3v) is 5.88. The zero-order valence-corrected chi connectivity index (χ0v) is 14.1. The summed E-state index contributed by atoms with van der Waals surface area (Å²) in [6, 6.07) is 10.8. The number of fused-ring (bicyclic) bond motifs is 3. The van der Waals surface area contributed by atoms with E-state index in [2.05, 4.69) is 67.4 Å². The predicted molar refractivity (Wildman–Crippen MR) is 95.5 cm³/mol. The van der Waals surface area contributed by atoms with Crippen molar-refractivity contribution in [1.82, 2.24) is 0 Å². The summed E-state index contributed by atoms with van der Waals surface area (Å²) in [7, 11) is 2.12. The number of aryl methyl sites for hydroxylation is 3. The van der Waals surface area contributed by atoms with Gasteiger partial charge in [0, 0.05) is 17.0 Å². The molecule has 0 saturated heterocycles. The van der Waals surface area contributed by atoms with E-state index in [1.807, 2.05) is 0 Å². The van der Waals surface area contributed by atoms with Crippen LogP contribution in [0.15, 0.2) is 41.9 Å². The maximum Gasteiger partial charge on any atom is 0.228 e. The number of aromatic nitrogens is 1. The molecule has 23 heavy (non-hydrogen) atoms. The van der Waals surface area contributed by atoms with Crippen molar-refractivity contribution in [3.63, 3.8) is 0 Å². The first-order valence-corrected chi connectivity index (χ1v) is 8.64. The normalized spacial score (nSPS) is 12.5. The van der Waals surface area contributed by atoms with Gasteiger partial charge in [0.25, 0.3) is 0 Å². The van der Waals surface area contributed by atoms with Gasteiger partial charge in [-0.25, -0.2) is 4.57 Å². The number of thiophene rings is 1. The molecule has 1 aliphatic rings. The van der Waals surface area contributed by atoms with Gasteiger partial charge in [-0.2, -0.15) is 0 Å². The highest BCUT2D eigenvalue weighted by Crippen LogP contribution is 2.51. The molecule has 3 heterocycles. The molecule has 0 amide bonds. The number of rotatable bonds is 0. The molecule has 4 aromatic rings. The van der Waals surface area contributed by atoms with Gasteiger partial charge in [0.1, 0.15) is 18.2 Å². The fourth-order valence-corrected chi connectivity index (χ4v) is 4.65. The first-order valence-electron chi connectivity index (χ1n) is 7.77. The Labute approximate surface area is 138 Å². The first kappa shape index (κ1) is 13.1. The van der Waals surface area contributed by atoms with E-state index in [1.54, 1.807) is 11.3 Å².